The van der Waals surface area contributed by atoms with Gasteiger partial charge in [-0.05, 0) is 25.1 Å². The van der Waals surface area contributed by atoms with Gasteiger partial charge in [-0.15, -0.1) is 10.2 Å². The van der Waals surface area contributed by atoms with E-state index in [2.05, 4.69) is 21.6 Å². The first-order valence-corrected chi connectivity index (χ1v) is 9.63. The number of carbonyl (C=O) groups is 1. The standard InChI is InChI=1S/C20H22N4O2S/c1-15-7-6-8-16(13-15)19-22-23-20(24(19)11-12-26-2)27-14-18(25)21-17-9-4-3-5-10-17/h3-10,13H,11-12,14H2,1-2H3,(H,21,25). The molecule has 27 heavy (non-hydrogen) atoms. The van der Waals surface area contributed by atoms with Gasteiger partial charge >= 0.3 is 0 Å². The number of hydrogen-bond acceptors (Lipinski definition) is 5. The van der Waals surface area contributed by atoms with Gasteiger partial charge in [-0.25, -0.2) is 0 Å². The van der Waals surface area contributed by atoms with Crippen LogP contribution in [0.15, 0.2) is 59.8 Å². The summed E-state index contributed by atoms with van der Waals surface area (Å²) >= 11 is 1.37. The molecular weight excluding hydrogens is 360 g/mol. The molecule has 7 heteroatoms. The fourth-order valence-electron chi connectivity index (χ4n) is 2.63. The van der Waals surface area contributed by atoms with Crippen molar-refractivity contribution in [3.8, 4) is 11.4 Å². The van der Waals surface area contributed by atoms with E-state index in [9.17, 15) is 4.79 Å². The maximum atomic E-state index is 12.2. The average Bonchev–Trinajstić information content (AvgIpc) is 3.08. The second-order valence-electron chi connectivity index (χ2n) is 6.02. The van der Waals surface area contributed by atoms with Crippen LogP contribution in [0.4, 0.5) is 5.69 Å². The van der Waals surface area contributed by atoms with E-state index >= 15 is 0 Å². The molecule has 2 aromatic carbocycles. The zero-order valence-corrected chi connectivity index (χ0v) is 16.2. The van der Waals surface area contributed by atoms with Crippen LogP contribution in [0, 0.1) is 6.92 Å². The third-order valence-corrected chi connectivity index (χ3v) is 4.87. The normalized spacial score (nSPS) is 10.7. The fraction of sp³-hybridized carbons (Fsp3) is 0.250. The summed E-state index contributed by atoms with van der Waals surface area (Å²) in [4.78, 5) is 12.2. The highest BCUT2D eigenvalue weighted by Gasteiger charge is 2.15. The van der Waals surface area contributed by atoms with Gasteiger partial charge in [0.25, 0.3) is 0 Å². The Kier molecular flexibility index (Phi) is 6.62. The maximum Gasteiger partial charge on any atom is 0.234 e. The van der Waals surface area contributed by atoms with Crippen molar-refractivity contribution in [3.05, 3.63) is 60.2 Å². The van der Waals surface area contributed by atoms with Crippen LogP contribution in [-0.4, -0.2) is 40.1 Å². The van der Waals surface area contributed by atoms with E-state index in [0.717, 1.165) is 22.6 Å². The number of nitrogens with zero attached hydrogens (tertiary/aromatic N) is 3. The van der Waals surface area contributed by atoms with Crippen molar-refractivity contribution in [1.82, 2.24) is 14.8 Å². The number of nitrogens with one attached hydrogen (secondary N) is 1. The molecule has 0 radical (unpaired) electrons. The number of hydrogen-bond donors (Lipinski definition) is 1. The zero-order valence-electron chi connectivity index (χ0n) is 15.4. The lowest BCUT2D eigenvalue weighted by molar-refractivity contribution is -0.113. The lowest BCUT2D eigenvalue weighted by Gasteiger charge is -2.10. The van der Waals surface area contributed by atoms with Gasteiger partial charge in [0, 0.05) is 18.4 Å². The zero-order chi connectivity index (χ0) is 19.1. The van der Waals surface area contributed by atoms with Gasteiger partial charge in [0.1, 0.15) is 0 Å². The first-order valence-electron chi connectivity index (χ1n) is 8.64. The molecule has 6 nitrogen and oxygen atoms in total. The molecule has 0 atom stereocenters. The number of amides is 1. The van der Waals surface area contributed by atoms with Crippen LogP contribution >= 0.6 is 11.8 Å². The lowest BCUT2D eigenvalue weighted by Crippen LogP contribution is -2.15. The van der Waals surface area contributed by atoms with Crippen LogP contribution in [0.25, 0.3) is 11.4 Å². The number of aromatic nitrogens is 3. The molecule has 0 saturated heterocycles. The van der Waals surface area contributed by atoms with Crippen LogP contribution < -0.4 is 5.32 Å². The minimum atomic E-state index is -0.0791. The summed E-state index contributed by atoms with van der Waals surface area (Å²) in [7, 11) is 1.66. The first-order chi connectivity index (χ1) is 13.2. The van der Waals surface area contributed by atoms with Crippen LogP contribution in [-0.2, 0) is 16.1 Å². The molecule has 1 heterocycles. The van der Waals surface area contributed by atoms with Crippen molar-refractivity contribution < 1.29 is 9.53 Å². The van der Waals surface area contributed by atoms with Crippen LogP contribution in [0.2, 0.25) is 0 Å². The minimum absolute atomic E-state index is 0.0791. The van der Waals surface area contributed by atoms with Crippen molar-refractivity contribution in [2.75, 3.05) is 24.8 Å². The summed E-state index contributed by atoms with van der Waals surface area (Å²) in [6, 6.07) is 17.5. The molecule has 1 amide bonds. The molecule has 0 bridgehead atoms. The Balaban J connectivity index is 1.73. The van der Waals surface area contributed by atoms with E-state index in [4.69, 9.17) is 4.74 Å². The second kappa shape index (κ2) is 9.34. The summed E-state index contributed by atoms with van der Waals surface area (Å²) in [5.41, 5.74) is 2.94. The van der Waals surface area contributed by atoms with Gasteiger partial charge in [0.15, 0.2) is 11.0 Å². The lowest BCUT2D eigenvalue weighted by atomic mass is 10.1. The van der Waals surface area contributed by atoms with Gasteiger partial charge in [0.05, 0.1) is 18.9 Å². The van der Waals surface area contributed by atoms with E-state index in [-0.39, 0.29) is 11.7 Å². The predicted molar refractivity (Wildman–Crippen MR) is 108 cm³/mol. The van der Waals surface area contributed by atoms with Crippen molar-refractivity contribution in [1.29, 1.82) is 0 Å². The highest BCUT2D eigenvalue weighted by molar-refractivity contribution is 7.99. The number of benzene rings is 2. The van der Waals surface area contributed by atoms with Crippen LogP contribution in [0.3, 0.4) is 0 Å². The fourth-order valence-corrected chi connectivity index (χ4v) is 3.39. The molecule has 0 fully saturated rings. The Hall–Kier alpha value is -2.64. The minimum Gasteiger partial charge on any atom is -0.383 e. The number of aryl methyl sites for hydroxylation is 1. The maximum absolute atomic E-state index is 12.2. The van der Waals surface area contributed by atoms with Gasteiger partial charge in [-0.2, -0.15) is 0 Å². The number of carbonyl (C=O) groups excluding carboxylic acids is 1. The van der Waals surface area contributed by atoms with Crippen molar-refractivity contribution in [2.45, 2.75) is 18.6 Å². The van der Waals surface area contributed by atoms with Crippen LogP contribution in [0.1, 0.15) is 5.56 Å². The molecule has 0 unspecified atom stereocenters. The van der Waals surface area contributed by atoms with Gasteiger partial charge in [-0.1, -0.05) is 53.7 Å². The number of anilines is 1. The Morgan fingerprint density at radius 1 is 1.15 bits per heavy atom. The molecule has 3 aromatic rings. The molecule has 0 aliphatic heterocycles. The Morgan fingerprint density at radius 2 is 1.96 bits per heavy atom. The summed E-state index contributed by atoms with van der Waals surface area (Å²) in [6.07, 6.45) is 0. The topological polar surface area (TPSA) is 69.0 Å². The number of rotatable bonds is 8. The van der Waals surface area contributed by atoms with Crippen molar-refractivity contribution >= 4 is 23.4 Å². The third-order valence-electron chi connectivity index (χ3n) is 3.90. The van der Waals surface area contributed by atoms with Crippen molar-refractivity contribution in [3.63, 3.8) is 0 Å². The number of methoxy groups -OCH3 is 1. The molecule has 0 saturated carbocycles. The summed E-state index contributed by atoms with van der Waals surface area (Å²) in [5.74, 6) is 0.958. The average molecular weight is 382 g/mol. The summed E-state index contributed by atoms with van der Waals surface area (Å²) in [5, 5.41) is 12.2. The quantitative estimate of drug-likeness (QED) is 0.603. The largest absolute Gasteiger partial charge is 0.383 e. The van der Waals surface area contributed by atoms with Gasteiger partial charge in [0.2, 0.25) is 5.91 Å². The highest BCUT2D eigenvalue weighted by atomic mass is 32.2. The van der Waals surface area contributed by atoms with E-state index in [1.54, 1.807) is 7.11 Å². The van der Waals surface area contributed by atoms with Gasteiger partial charge in [-0.3, -0.25) is 9.36 Å². The number of para-hydroxylation sites is 1. The van der Waals surface area contributed by atoms with E-state index in [1.165, 1.54) is 11.8 Å². The molecule has 0 aliphatic rings. The molecule has 0 spiro atoms. The second-order valence-corrected chi connectivity index (χ2v) is 6.97. The molecule has 3 rings (SSSR count). The summed E-state index contributed by atoms with van der Waals surface area (Å²) in [6.45, 7) is 3.21. The molecular formula is C20H22N4O2S. The molecule has 1 N–H and O–H groups in total. The van der Waals surface area contributed by atoms with Gasteiger partial charge < -0.3 is 10.1 Å². The number of thioether (sulfide) groups is 1. The molecule has 1 aromatic heterocycles. The Labute approximate surface area is 163 Å². The van der Waals surface area contributed by atoms with Crippen molar-refractivity contribution in [2.24, 2.45) is 0 Å². The Morgan fingerprint density at radius 3 is 2.70 bits per heavy atom. The van der Waals surface area contributed by atoms with E-state index < -0.39 is 0 Å². The van der Waals surface area contributed by atoms with E-state index in [0.29, 0.717) is 18.3 Å². The third kappa shape index (κ3) is 5.18. The SMILES string of the molecule is COCCn1c(SCC(=O)Nc2ccccc2)nnc1-c1cccc(C)c1. The smallest absolute Gasteiger partial charge is 0.234 e. The Bertz CT molecular complexity index is 896. The van der Waals surface area contributed by atoms with E-state index in [1.807, 2.05) is 60.0 Å². The van der Waals surface area contributed by atoms with Crippen LogP contribution in [0.5, 0.6) is 0 Å². The monoisotopic (exact) mass is 382 g/mol. The molecule has 140 valence electrons. The first kappa shape index (κ1) is 19.1. The summed E-state index contributed by atoms with van der Waals surface area (Å²) < 4.78 is 7.22. The predicted octanol–water partition coefficient (Wildman–Crippen LogP) is 3.63. The highest BCUT2D eigenvalue weighted by Crippen LogP contribution is 2.24. The molecule has 0 aliphatic carbocycles. The number of ether oxygens (including phenoxy) is 1.